The smallest absolute Gasteiger partial charge is 0.387 e. The highest BCUT2D eigenvalue weighted by Crippen LogP contribution is 2.31. The van der Waals surface area contributed by atoms with Gasteiger partial charge in [-0.15, -0.1) is 0 Å². The molecule has 34 heavy (non-hydrogen) atoms. The summed E-state index contributed by atoms with van der Waals surface area (Å²) < 4.78 is 68.1. The number of alkyl halides is 2. The number of anilines is 2. The molecule has 1 amide bonds. The molecule has 0 radical (unpaired) electrons. The van der Waals surface area contributed by atoms with E-state index in [1.807, 2.05) is 0 Å². The van der Waals surface area contributed by atoms with Crippen molar-refractivity contribution in [1.29, 1.82) is 0 Å². The van der Waals surface area contributed by atoms with Crippen LogP contribution in [0.2, 0.25) is 0 Å². The Balaban J connectivity index is 1.85. The predicted octanol–water partition coefficient (Wildman–Crippen LogP) is 4.67. The normalized spacial score (nSPS) is 11.1. The van der Waals surface area contributed by atoms with Crippen LogP contribution >= 0.6 is 0 Å². The highest BCUT2D eigenvalue weighted by Gasteiger charge is 2.20. The lowest BCUT2D eigenvalue weighted by molar-refractivity contribution is -0.0512. The van der Waals surface area contributed by atoms with E-state index < -0.39 is 22.5 Å². The average molecular weight is 493 g/mol. The van der Waals surface area contributed by atoms with E-state index in [0.717, 1.165) is 0 Å². The topological polar surface area (TPSA) is 103 Å². The SMILES string of the molecule is COc1ccccc1NS(=O)(=O)c1cc(NC(=O)c2ccc(OC(F)F)c(OC)c2)ccc1C. The monoisotopic (exact) mass is 492 g/mol. The number of hydrogen-bond donors (Lipinski definition) is 2. The van der Waals surface area contributed by atoms with E-state index in [1.54, 1.807) is 43.3 Å². The van der Waals surface area contributed by atoms with E-state index in [-0.39, 0.29) is 33.3 Å². The number of para-hydroxylation sites is 2. The second kappa shape index (κ2) is 10.4. The second-order valence-corrected chi connectivity index (χ2v) is 8.64. The lowest BCUT2D eigenvalue weighted by Gasteiger charge is -2.15. The van der Waals surface area contributed by atoms with Crippen molar-refractivity contribution in [3.8, 4) is 17.2 Å². The van der Waals surface area contributed by atoms with Crippen LogP contribution in [0, 0.1) is 6.92 Å². The van der Waals surface area contributed by atoms with Crippen LogP contribution in [0.15, 0.2) is 65.6 Å². The van der Waals surface area contributed by atoms with Crippen LogP contribution < -0.4 is 24.2 Å². The zero-order chi connectivity index (χ0) is 24.9. The largest absolute Gasteiger partial charge is 0.495 e. The number of carbonyl (C=O) groups excluding carboxylic acids is 1. The summed E-state index contributed by atoms with van der Waals surface area (Å²) in [5, 5.41) is 2.60. The fourth-order valence-corrected chi connectivity index (χ4v) is 4.44. The van der Waals surface area contributed by atoms with Gasteiger partial charge in [-0.05, 0) is 55.0 Å². The third-order valence-electron chi connectivity index (χ3n) is 4.73. The lowest BCUT2D eigenvalue weighted by atomic mass is 10.1. The molecule has 0 saturated carbocycles. The highest BCUT2D eigenvalue weighted by atomic mass is 32.2. The minimum absolute atomic E-state index is 0.0468. The van der Waals surface area contributed by atoms with E-state index in [0.29, 0.717) is 11.3 Å². The summed E-state index contributed by atoms with van der Waals surface area (Å²) in [5.41, 5.74) is 1.02. The van der Waals surface area contributed by atoms with Gasteiger partial charge in [-0.1, -0.05) is 18.2 Å². The Hall–Kier alpha value is -3.86. The van der Waals surface area contributed by atoms with Crippen LogP contribution in [-0.4, -0.2) is 35.2 Å². The van der Waals surface area contributed by atoms with Crippen molar-refractivity contribution in [2.75, 3.05) is 24.3 Å². The number of ether oxygens (including phenoxy) is 3. The molecule has 0 bridgehead atoms. The Kier molecular flexibility index (Phi) is 7.57. The molecule has 0 aliphatic carbocycles. The molecule has 0 aromatic heterocycles. The van der Waals surface area contributed by atoms with Gasteiger partial charge in [-0.3, -0.25) is 9.52 Å². The Morgan fingerprint density at radius 2 is 1.62 bits per heavy atom. The number of benzene rings is 3. The number of nitrogens with one attached hydrogen (secondary N) is 2. The molecule has 0 atom stereocenters. The van der Waals surface area contributed by atoms with E-state index in [9.17, 15) is 22.0 Å². The van der Waals surface area contributed by atoms with Crippen molar-refractivity contribution in [3.05, 3.63) is 71.8 Å². The Labute approximate surface area is 195 Å². The van der Waals surface area contributed by atoms with Crippen molar-refractivity contribution in [2.24, 2.45) is 0 Å². The van der Waals surface area contributed by atoms with Gasteiger partial charge in [0.1, 0.15) is 5.75 Å². The number of aryl methyl sites for hydroxylation is 1. The van der Waals surface area contributed by atoms with Gasteiger partial charge in [0.25, 0.3) is 15.9 Å². The summed E-state index contributed by atoms with van der Waals surface area (Å²) in [7, 11) is -1.34. The maximum absolute atomic E-state index is 13.0. The van der Waals surface area contributed by atoms with Gasteiger partial charge in [0, 0.05) is 11.3 Å². The molecule has 3 aromatic rings. The first-order chi connectivity index (χ1) is 16.1. The summed E-state index contributed by atoms with van der Waals surface area (Å²) in [6, 6.07) is 14.7. The van der Waals surface area contributed by atoms with Crippen LogP contribution in [0.1, 0.15) is 15.9 Å². The number of halogens is 2. The molecule has 0 aliphatic heterocycles. The van der Waals surface area contributed by atoms with Gasteiger partial charge in [0.05, 0.1) is 24.8 Å². The summed E-state index contributed by atoms with van der Waals surface area (Å²) in [4.78, 5) is 12.7. The van der Waals surface area contributed by atoms with E-state index in [1.165, 1.54) is 38.5 Å². The minimum atomic E-state index is -4.02. The van der Waals surface area contributed by atoms with Gasteiger partial charge in [0.2, 0.25) is 0 Å². The zero-order valence-corrected chi connectivity index (χ0v) is 19.3. The number of rotatable bonds is 9. The Morgan fingerprint density at radius 1 is 0.912 bits per heavy atom. The standard InChI is InChI=1S/C23H22F2N2O6S/c1-14-8-10-16(13-21(14)34(29,30)27-17-6-4-5-7-18(17)31-2)26-22(28)15-9-11-19(33-23(24)25)20(12-15)32-3/h4-13,23,27H,1-3H3,(H,26,28). The third kappa shape index (κ3) is 5.73. The number of hydrogen-bond acceptors (Lipinski definition) is 6. The van der Waals surface area contributed by atoms with Gasteiger partial charge < -0.3 is 19.5 Å². The molecule has 3 rings (SSSR count). The number of amides is 1. The second-order valence-electron chi connectivity index (χ2n) is 6.98. The fraction of sp³-hybridized carbons (Fsp3) is 0.174. The molecule has 0 fully saturated rings. The molecule has 11 heteroatoms. The van der Waals surface area contributed by atoms with Crippen molar-refractivity contribution in [2.45, 2.75) is 18.4 Å². The van der Waals surface area contributed by atoms with Crippen molar-refractivity contribution < 1.29 is 36.2 Å². The number of methoxy groups -OCH3 is 2. The van der Waals surface area contributed by atoms with Crippen LogP contribution in [0.5, 0.6) is 17.2 Å². The maximum atomic E-state index is 13.0. The molecule has 0 unspecified atom stereocenters. The van der Waals surface area contributed by atoms with Gasteiger partial charge in [-0.25, -0.2) is 8.42 Å². The van der Waals surface area contributed by atoms with Crippen LogP contribution in [0.4, 0.5) is 20.2 Å². The molecular weight excluding hydrogens is 470 g/mol. The average Bonchev–Trinajstić information content (AvgIpc) is 2.80. The number of sulfonamides is 1. The van der Waals surface area contributed by atoms with Gasteiger partial charge in [0.15, 0.2) is 11.5 Å². The molecule has 180 valence electrons. The van der Waals surface area contributed by atoms with Crippen molar-refractivity contribution in [1.82, 2.24) is 0 Å². The molecular formula is C23H22F2N2O6S. The molecule has 2 N–H and O–H groups in total. The van der Waals surface area contributed by atoms with Crippen LogP contribution in [0.25, 0.3) is 0 Å². The molecule has 3 aromatic carbocycles. The summed E-state index contributed by atoms with van der Waals surface area (Å²) in [5.74, 6) is -0.533. The van der Waals surface area contributed by atoms with Crippen molar-refractivity contribution in [3.63, 3.8) is 0 Å². The first-order valence-electron chi connectivity index (χ1n) is 9.85. The maximum Gasteiger partial charge on any atom is 0.387 e. The summed E-state index contributed by atoms with van der Waals surface area (Å²) in [6.45, 7) is -1.43. The van der Waals surface area contributed by atoms with Crippen molar-refractivity contribution >= 4 is 27.3 Å². The molecule has 0 saturated heterocycles. The van der Waals surface area contributed by atoms with Crippen LogP contribution in [0.3, 0.4) is 0 Å². The molecule has 0 spiro atoms. The van der Waals surface area contributed by atoms with Crippen LogP contribution in [-0.2, 0) is 10.0 Å². The fourth-order valence-electron chi connectivity index (χ4n) is 3.10. The quantitative estimate of drug-likeness (QED) is 0.450. The lowest BCUT2D eigenvalue weighted by Crippen LogP contribution is -2.16. The van der Waals surface area contributed by atoms with E-state index in [2.05, 4.69) is 14.8 Å². The predicted molar refractivity (Wildman–Crippen MR) is 123 cm³/mol. The Morgan fingerprint density at radius 3 is 2.29 bits per heavy atom. The zero-order valence-electron chi connectivity index (χ0n) is 18.5. The van der Waals surface area contributed by atoms with Gasteiger partial charge in [-0.2, -0.15) is 8.78 Å². The van der Waals surface area contributed by atoms with E-state index in [4.69, 9.17) is 9.47 Å². The number of carbonyl (C=O) groups is 1. The molecule has 0 aliphatic rings. The molecule has 8 nitrogen and oxygen atoms in total. The first kappa shape index (κ1) is 24.8. The highest BCUT2D eigenvalue weighted by molar-refractivity contribution is 7.92. The Bertz CT molecular complexity index is 1300. The first-order valence-corrected chi connectivity index (χ1v) is 11.3. The summed E-state index contributed by atoms with van der Waals surface area (Å²) >= 11 is 0. The van der Waals surface area contributed by atoms with Gasteiger partial charge >= 0.3 is 6.61 Å². The summed E-state index contributed by atoms with van der Waals surface area (Å²) in [6.07, 6.45) is 0. The third-order valence-corrected chi connectivity index (χ3v) is 6.24. The minimum Gasteiger partial charge on any atom is -0.495 e. The van der Waals surface area contributed by atoms with E-state index >= 15 is 0 Å². The molecule has 0 heterocycles.